The van der Waals surface area contributed by atoms with Crippen molar-refractivity contribution in [3.8, 4) is 0 Å². The molecule has 0 unspecified atom stereocenters. The Labute approximate surface area is 154 Å². The van der Waals surface area contributed by atoms with Gasteiger partial charge in [0.05, 0.1) is 11.7 Å². The van der Waals surface area contributed by atoms with Crippen LogP contribution >= 0.6 is 0 Å². The quantitative estimate of drug-likeness (QED) is 0.571. The van der Waals surface area contributed by atoms with Gasteiger partial charge in [-0.25, -0.2) is 10.1 Å². The van der Waals surface area contributed by atoms with E-state index >= 15 is 0 Å². The molecule has 134 valence electrons. The van der Waals surface area contributed by atoms with Gasteiger partial charge in [0.25, 0.3) is 11.5 Å². The summed E-state index contributed by atoms with van der Waals surface area (Å²) in [5, 5.41) is 10.1. The number of carbonyl (C=O) groups excluding carboxylic acids is 1. The first-order chi connectivity index (χ1) is 13.2. The topological polar surface area (TPSA) is 92.7 Å². The molecule has 0 aliphatic heterocycles. The first-order valence-corrected chi connectivity index (χ1v) is 8.50. The van der Waals surface area contributed by atoms with E-state index in [1.165, 1.54) is 0 Å². The van der Waals surface area contributed by atoms with Crippen molar-refractivity contribution in [3.63, 3.8) is 0 Å². The molecule has 1 amide bonds. The predicted octanol–water partition coefficient (Wildman–Crippen LogP) is 2.10. The molecular formula is C20H17N5O2. The summed E-state index contributed by atoms with van der Waals surface area (Å²) in [7, 11) is 0. The van der Waals surface area contributed by atoms with Gasteiger partial charge in [-0.2, -0.15) is 5.10 Å². The normalized spacial score (nSPS) is 10.8. The molecule has 0 aliphatic rings. The van der Waals surface area contributed by atoms with Crippen LogP contribution in [-0.2, 0) is 13.1 Å². The zero-order valence-corrected chi connectivity index (χ0v) is 14.4. The molecule has 2 aromatic carbocycles. The van der Waals surface area contributed by atoms with Gasteiger partial charge in [0, 0.05) is 30.9 Å². The smallest absolute Gasteiger partial charge is 0.272 e. The maximum absolute atomic E-state index is 12.5. The van der Waals surface area contributed by atoms with Gasteiger partial charge in [-0.15, -0.1) is 0 Å². The number of nitrogens with zero attached hydrogens (tertiary/aromatic N) is 3. The molecule has 0 bridgehead atoms. The number of aromatic nitrogens is 4. The Hall–Kier alpha value is -3.74. The highest BCUT2D eigenvalue weighted by molar-refractivity contribution is 6.04. The van der Waals surface area contributed by atoms with Crippen molar-refractivity contribution in [2.45, 2.75) is 13.1 Å². The highest BCUT2D eigenvalue weighted by atomic mass is 16.2. The lowest BCUT2D eigenvalue weighted by atomic mass is 10.1. The number of fused-ring (bicyclic) bond motifs is 1. The Balaban J connectivity index is 1.45. The Morgan fingerprint density at radius 3 is 2.52 bits per heavy atom. The van der Waals surface area contributed by atoms with Gasteiger partial charge in [0.1, 0.15) is 0 Å². The summed E-state index contributed by atoms with van der Waals surface area (Å²) in [5.74, 6) is -0.329. The van der Waals surface area contributed by atoms with E-state index in [4.69, 9.17) is 0 Å². The molecule has 0 saturated carbocycles. The second-order valence-electron chi connectivity index (χ2n) is 6.18. The minimum absolute atomic E-state index is 0.210. The average molecular weight is 359 g/mol. The number of carbonyl (C=O) groups is 1. The number of imidazole rings is 1. The molecule has 4 rings (SSSR count). The summed E-state index contributed by atoms with van der Waals surface area (Å²) >= 11 is 0. The largest absolute Gasteiger partial charge is 0.347 e. The van der Waals surface area contributed by atoms with E-state index in [-0.39, 0.29) is 17.2 Å². The zero-order chi connectivity index (χ0) is 18.6. The van der Waals surface area contributed by atoms with Crippen LogP contribution < -0.4 is 10.9 Å². The standard InChI is InChI=1S/C20H17N5O2/c26-19-17-4-2-1-3-16(17)18(23-24-19)20(27)22-11-14-5-7-15(8-6-14)12-25-10-9-21-13-25/h1-10,13H,11-12H2,(H,22,27)(H,24,26). The number of benzene rings is 2. The molecule has 0 fully saturated rings. The summed E-state index contributed by atoms with van der Waals surface area (Å²) in [6.45, 7) is 1.12. The number of rotatable bonds is 5. The number of amides is 1. The molecule has 2 aromatic heterocycles. The van der Waals surface area contributed by atoms with Crippen molar-refractivity contribution >= 4 is 16.7 Å². The van der Waals surface area contributed by atoms with E-state index in [0.29, 0.717) is 17.3 Å². The predicted molar refractivity (Wildman–Crippen MR) is 101 cm³/mol. The van der Waals surface area contributed by atoms with Crippen molar-refractivity contribution in [2.24, 2.45) is 0 Å². The Kier molecular flexibility index (Phi) is 4.49. The van der Waals surface area contributed by atoms with Gasteiger partial charge in [0.2, 0.25) is 0 Å². The second kappa shape index (κ2) is 7.25. The minimum Gasteiger partial charge on any atom is -0.347 e. The highest BCUT2D eigenvalue weighted by Gasteiger charge is 2.13. The highest BCUT2D eigenvalue weighted by Crippen LogP contribution is 2.12. The molecule has 0 radical (unpaired) electrons. The summed E-state index contributed by atoms with van der Waals surface area (Å²) in [6, 6.07) is 14.9. The van der Waals surface area contributed by atoms with Crippen LogP contribution in [0.5, 0.6) is 0 Å². The van der Waals surface area contributed by atoms with E-state index in [1.807, 2.05) is 35.0 Å². The molecular weight excluding hydrogens is 342 g/mol. The molecule has 2 N–H and O–H groups in total. The van der Waals surface area contributed by atoms with Crippen LogP contribution in [0.1, 0.15) is 21.6 Å². The fourth-order valence-electron chi connectivity index (χ4n) is 2.91. The molecule has 0 atom stereocenters. The van der Waals surface area contributed by atoms with E-state index in [1.54, 1.807) is 36.8 Å². The fourth-order valence-corrected chi connectivity index (χ4v) is 2.91. The average Bonchev–Trinajstić information content (AvgIpc) is 3.21. The molecule has 0 aliphatic carbocycles. The van der Waals surface area contributed by atoms with Crippen molar-refractivity contribution in [1.29, 1.82) is 0 Å². The maximum Gasteiger partial charge on any atom is 0.272 e. The maximum atomic E-state index is 12.5. The third-order valence-corrected chi connectivity index (χ3v) is 4.31. The molecule has 0 saturated heterocycles. The molecule has 7 nitrogen and oxygen atoms in total. The van der Waals surface area contributed by atoms with Crippen LogP contribution in [0.3, 0.4) is 0 Å². The minimum atomic E-state index is -0.329. The Morgan fingerprint density at radius 2 is 1.78 bits per heavy atom. The van der Waals surface area contributed by atoms with E-state index in [9.17, 15) is 9.59 Å². The van der Waals surface area contributed by atoms with Crippen LogP contribution in [0.15, 0.2) is 72.0 Å². The fraction of sp³-hybridized carbons (Fsp3) is 0.100. The summed E-state index contributed by atoms with van der Waals surface area (Å²) in [5.41, 5.74) is 2.03. The zero-order valence-electron chi connectivity index (χ0n) is 14.4. The number of hydrogen-bond acceptors (Lipinski definition) is 4. The molecule has 7 heteroatoms. The van der Waals surface area contributed by atoms with E-state index < -0.39 is 0 Å². The van der Waals surface area contributed by atoms with Gasteiger partial charge in [-0.1, -0.05) is 42.5 Å². The van der Waals surface area contributed by atoms with Gasteiger partial charge >= 0.3 is 0 Å². The molecule has 2 heterocycles. The summed E-state index contributed by atoms with van der Waals surface area (Å²) < 4.78 is 1.99. The first-order valence-electron chi connectivity index (χ1n) is 8.50. The number of hydrogen-bond donors (Lipinski definition) is 2. The van der Waals surface area contributed by atoms with Crippen LogP contribution in [-0.4, -0.2) is 25.7 Å². The third-order valence-electron chi connectivity index (χ3n) is 4.31. The van der Waals surface area contributed by atoms with Crippen molar-refractivity contribution in [1.82, 2.24) is 25.1 Å². The summed E-state index contributed by atoms with van der Waals surface area (Å²) in [6.07, 6.45) is 5.43. The van der Waals surface area contributed by atoms with Crippen LogP contribution in [0, 0.1) is 0 Å². The van der Waals surface area contributed by atoms with Gasteiger partial charge in [-0.05, 0) is 17.2 Å². The lowest BCUT2D eigenvalue weighted by molar-refractivity contribution is 0.0946. The van der Waals surface area contributed by atoms with Gasteiger partial charge < -0.3 is 9.88 Å². The van der Waals surface area contributed by atoms with Crippen molar-refractivity contribution < 1.29 is 4.79 Å². The number of H-pyrrole nitrogens is 1. The van der Waals surface area contributed by atoms with Crippen molar-refractivity contribution in [2.75, 3.05) is 0 Å². The molecule has 0 spiro atoms. The Bertz CT molecular complexity index is 1130. The molecule has 4 aromatic rings. The van der Waals surface area contributed by atoms with Crippen LogP contribution in [0.25, 0.3) is 10.8 Å². The van der Waals surface area contributed by atoms with Crippen LogP contribution in [0.2, 0.25) is 0 Å². The van der Waals surface area contributed by atoms with E-state index in [2.05, 4.69) is 20.5 Å². The van der Waals surface area contributed by atoms with Gasteiger partial charge in [0.15, 0.2) is 5.69 Å². The van der Waals surface area contributed by atoms with Crippen molar-refractivity contribution in [3.05, 3.63) is 94.4 Å². The number of aromatic amines is 1. The van der Waals surface area contributed by atoms with Gasteiger partial charge in [-0.3, -0.25) is 9.59 Å². The first kappa shape index (κ1) is 16.7. The SMILES string of the molecule is O=C(NCc1ccc(Cn2ccnc2)cc1)c1n[nH]c(=O)c2ccccc12. The monoisotopic (exact) mass is 359 g/mol. The summed E-state index contributed by atoms with van der Waals surface area (Å²) in [4.78, 5) is 28.4. The van der Waals surface area contributed by atoms with E-state index in [0.717, 1.165) is 17.7 Å². The molecule has 27 heavy (non-hydrogen) atoms. The lowest BCUT2D eigenvalue weighted by Crippen LogP contribution is -2.26. The number of nitrogens with one attached hydrogen (secondary N) is 2. The second-order valence-corrected chi connectivity index (χ2v) is 6.18. The van der Waals surface area contributed by atoms with Crippen LogP contribution in [0.4, 0.5) is 0 Å². The Morgan fingerprint density at radius 1 is 1.04 bits per heavy atom. The lowest BCUT2D eigenvalue weighted by Gasteiger charge is -2.08. The third kappa shape index (κ3) is 3.62.